The van der Waals surface area contributed by atoms with Crippen molar-refractivity contribution in [3.8, 4) is 0 Å². The van der Waals surface area contributed by atoms with E-state index < -0.39 is 18.0 Å². The van der Waals surface area contributed by atoms with Crippen LogP contribution >= 0.6 is 0 Å². The van der Waals surface area contributed by atoms with E-state index in [9.17, 15) is 19.2 Å². The molecule has 0 fully saturated rings. The number of benzene rings is 4. The molecule has 0 radical (unpaired) electrons. The van der Waals surface area contributed by atoms with Gasteiger partial charge in [0.25, 0.3) is 5.91 Å². The van der Waals surface area contributed by atoms with Gasteiger partial charge in [0, 0.05) is 27.9 Å². The molecule has 4 aromatic rings. The van der Waals surface area contributed by atoms with Crippen molar-refractivity contribution in [2.24, 2.45) is 0 Å². The first-order valence-corrected chi connectivity index (χ1v) is 11.9. The number of ether oxygens (including phenoxy) is 1. The molecule has 5 rings (SSSR count). The van der Waals surface area contributed by atoms with Gasteiger partial charge in [-0.05, 0) is 48.7 Å². The lowest BCUT2D eigenvalue weighted by atomic mass is 9.84. The first-order chi connectivity index (χ1) is 17.9. The lowest BCUT2D eigenvalue weighted by Gasteiger charge is -2.19. The van der Waals surface area contributed by atoms with Crippen molar-refractivity contribution in [2.45, 2.75) is 19.4 Å². The Morgan fingerprint density at radius 1 is 0.730 bits per heavy atom. The maximum Gasteiger partial charge on any atom is 0.339 e. The van der Waals surface area contributed by atoms with Crippen molar-refractivity contribution in [3.05, 3.63) is 136 Å². The van der Waals surface area contributed by atoms with Crippen molar-refractivity contribution in [2.75, 3.05) is 5.32 Å². The summed E-state index contributed by atoms with van der Waals surface area (Å²) in [6.45, 7) is 1.48. The number of anilines is 1. The second-order valence-corrected chi connectivity index (χ2v) is 8.82. The molecular weight excluding hydrogens is 466 g/mol. The van der Waals surface area contributed by atoms with Crippen molar-refractivity contribution in [3.63, 3.8) is 0 Å². The molecule has 1 atom stereocenters. The monoisotopic (exact) mass is 489 g/mol. The molecule has 0 aromatic heterocycles. The van der Waals surface area contributed by atoms with Gasteiger partial charge in [-0.25, -0.2) is 4.79 Å². The first-order valence-electron chi connectivity index (χ1n) is 11.9. The molecule has 1 amide bonds. The van der Waals surface area contributed by atoms with E-state index in [1.165, 1.54) is 19.1 Å². The molecule has 0 saturated heterocycles. The predicted octanol–water partition coefficient (Wildman–Crippen LogP) is 5.24. The van der Waals surface area contributed by atoms with Crippen LogP contribution in [0.3, 0.4) is 0 Å². The number of ketones is 2. The summed E-state index contributed by atoms with van der Waals surface area (Å²) in [5.74, 6) is -1.67. The van der Waals surface area contributed by atoms with Crippen molar-refractivity contribution >= 4 is 29.1 Å². The number of rotatable bonds is 6. The third kappa shape index (κ3) is 4.82. The van der Waals surface area contributed by atoms with Crippen LogP contribution in [-0.4, -0.2) is 29.5 Å². The second-order valence-electron chi connectivity index (χ2n) is 8.82. The van der Waals surface area contributed by atoms with E-state index in [0.717, 1.165) is 11.1 Å². The minimum atomic E-state index is -1.09. The van der Waals surface area contributed by atoms with Crippen LogP contribution in [0.1, 0.15) is 60.3 Å². The van der Waals surface area contributed by atoms with Crippen molar-refractivity contribution in [1.82, 2.24) is 0 Å². The quantitative estimate of drug-likeness (QED) is 0.330. The molecule has 1 aliphatic carbocycles. The van der Waals surface area contributed by atoms with E-state index in [4.69, 9.17) is 4.74 Å². The molecule has 0 spiro atoms. The fourth-order valence-corrected chi connectivity index (χ4v) is 4.39. The summed E-state index contributed by atoms with van der Waals surface area (Å²) in [7, 11) is 0. The molecule has 6 nitrogen and oxygen atoms in total. The van der Waals surface area contributed by atoms with Crippen LogP contribution < -0.4 is 5.32 Å². The van der Waals surface area contributed by atoms with Gasteiger partial charge in [0.05, 0.1) is 5.56 Å². The molecule has 0 aliphatic heterocycles. The molecule has 0 saturated carbocycles. The number of hydrogen-bond donors (Lipinski definition) is 1. The maximum atomic E-state index is 13.0. The van der Waals surface area contributed by atoms with E-state index in [-0.39, 0.29) is 22.7 Å². The number of carbonyl (C=O) groups is 4. The number of nitrogens with one attached hydrogen (secondary N) is 1. The van der Waals surface area contributed by atoms with Crippen LogP contribution in [0.2, 0.25) is 0 Å². The fraction of sp³-hybridized carbons (Fsp3) is 0.0968. The van der Waals surface area contributed by atoms with E-state index in [2.05, 4.69) is 5.32 Å². The molecule has 182 valence electrons. The summed E-state index contributed by atoms with van der Waals surface area (Å²) in [5, 5.41) is 2.68. The Hall–Kier alpha value is -4.84. The van der Waals surface area contributed by atoms with Crippen molar-refractivity contribution < 1.29 is 23.9 Å². The van der Waals surface area contributed by atoms with Gasteiger partial charge in [0.2, 0.25) is 0 Å². The van der Waals surface area contributed by atoms with Gasteiger partial charge < -0.3 is 10.1 Å². The van der Waals surface area contributed by atoms with Crippen LogP contribution in [-0.2, 0) is 16.0 Å². The SMILES string of the molecule is CC(OC(=O)c1ccccc1Cc1ccccc1)C(=O)Nc1ccc2c(c1)C(=O)c1ccccc1C2=O. The van der Waals surface area contributed by atoms with Crippen molar-refractivity contribution in [1.29, 1.82) is 0 Å². The van der Waals surface area contributed by atoms with Crippen LogP contribution in [0.15, 0.2) is 97.1 Å². The zero-order valence-corrected chi connectivity index (χ0v) is 20.1. The largest absolute Gasteiger partial charge is 0.449 e. The molecule has 1 unspecified atom stereocenters. The standard InChI is InChI=1S/C31H23NO5/c1-19(37-31(36)23-12-6-5-11-21(23)17-20-9-3-2-4-10-20)30(35)32-22-15-16-26-27(18-22)29(34)25-14-8-7-13-24(25)28(26)33/h2-16,18-19H,17H2,1H3,(H,32,35). The highest BCUT2D eigenvalue weighted by molar-refractivity contribution is 6.28. The molecule has 37 heavy (non-hydrogen) atoms. The fourth-order valence-electron chi connectivity index (χ4n) is 4.39. The number of carbonyl (C=O) groups excluding carboxylic acids is 4. The Morgan fingerprint density at radius 3 is 2.05 bits per heavy atom. The maximum absolute atomic E-state index is 13.0. The third-order valence-electron chi connectivity index (χ3n) is 6.32. The van der Waals surface area contributed by atoms with E-state index in [1.54, 1.807) is 42.5 Å². The van der Waals surface area contributed by atoms with Gasteiger partial charge in [-0.2, -0.15) is 0 Å². The summed E-state index contributed by atoms with van der Waals surface area (Å²) in [6, 6.07) is 28.1. The molecule has 1 aliphatic rings. The predicted molar refractivity (Wildman–Crippen MR) is 139 cm³/mol. The highest BCUT2D eigenvalue weighted by Gasteiger charge is 2.30. The van der Waals surface area contributed by atoms with Crippen LogP contribution in [0.5, 0.6) is 0 Å². The van der Waals surface area contributed by atoms with E-state index in [0.29, 0.717) is 28.8 Å². The summed E-state index contributed by atoms with van der Waals surface area (Å²) in [5.41, 5.74) is 3.78. The molecule has 4 aromatic carbocycles. The van der Waals surface area contributed by atoms with Gasteiger partial charge in [-0.1, -0.05) is 72.8 Å². The second kappa shape index (κ2) is 10.0. The Balaban J connectivity index is 1.29. The average Bonchev–Trinajstić information content (AvgIpc) is 2.92. The lowest BCUT2D eigenvalue weighted by molar-refractivity contribution is -0.123. The Bertz CT molecular complexity index is 1540. The van der Waals surface area contributed by atoms with Crippen LogP contribution in [0.25, 0.3) is 0 Å². The smallest absolute Gasteiger partial charge is 0.339 e. The van der Waals surface area contributed by atoms with Gasteiger partial charge in [-0.3, -0.25) is 14.4 Å². The Labute approximate surface area is 213 Å². The molecule has 1 N–H and O–H groups in total. The number of fused-ring (bicyclic) bond motifs is 2. The average molecular weight is 490 g/mol. The zero-order chi connectivity index (χ0) is 25.9. The highest BCUT2D eigenvalue weighted by Crippen LogP contribution is 2.29. The topological polar surface area (TPSA) is 89.5 Å². The lowest BCUT2D eigenvalue weighted by Crippen LogP contribution is -2.30. The summed E-state index contributed by atoms with van der Waals surface area (Å²) < 4.78 is 5.47. The van der Waals surface area contributed by atoms with Gasteiger partial charge >= 0.3 is 5.97 Å². The molecule has 6 heteroatoms. The highest BCUT2D eigenvalue weighted by atomic mass is 16.5. The summed E-state index contributed by atoms with van der Waals surface area (Å²) in [6.07, 6.45) is -0.538. The molecule has 0 heterocycles. The molecule has 0 bridgehead atoms. The van der Waals surface area contributed by atoms with E-state index in [1.807, 2.05) is 42.5 Å². The minimum Gasteiger partial charge on any atom is -0.449 e. The number of hydrogen-bond acceptors (Lipinski definition) is 5. The first kappa shape index (κ1) is 23.9. The zero-order valence-electron chi connectivity index (χ0n) is 20.1. The Morgan fingerprint density at radius 2 is 1.32 bits per heavy atom. The Kier molecular flexibility index (Phi) is 6.47. The number of amides is 1. The number of esters is 1. The van der Waals surface area contributed by atoms with Gasteiger partial charge in [-0.15, -0.1) is 0 Å². The van der Waals surface area contributed by atoms with E-state index >= 15 is 0 Å². The molecular formula is C31H23NO5. The van der Waals surface area contributed by atoms with Crippen LogP contribution in [0.4, 0.5) is 5.69 Å². The third-order valence-corrected chi connectivity index (χ3v) is 6.32. The summed E-state index contributed by atoms with van der Waals surface area (Å²) in [4.78, 5) is 51.5. The van der Waals surface area contributed by atoms with Gasteiger partial charge in [0.1, 0.15) is 0 Å². The summed E-state index contributed by atoms with van der Waals surface area (Å²) >= 11 is 0. The normalized spacial score (nSPS) is 12.8. The van der Waals surface area contributed by atoms with Crippen LogP contribution in [0, 0.1) is 0 Å². The van der Waals surface area contributed by atoms with Gasteiger partial charge in [0.15, 0.2) is 17.7 Å². The minimum absolute atomic E-state index is 0.223.